The van der Waals surface area contributed by atoms with Gasteiger partial charge in [0, 0.05) is 31.8 Å². The van der Waals surface area contributed by atoms with Gasteiger partial charge in [0.2, 0.25) is 6.79 Å². The summed E-state index contributed by atoms with van der Waals surface area (Å²) in [7, 11) is 1.68. The molecule has 0 amide bonds. The molecule has 0 fully saturated rings. The Kier molecular flexibility index (Phi) is 3.63. The summed E-state index contributed by atoms with van der Waals surface area (Å²) in [5.41, 5.74) is 0.553. The molecule has 5 heteroatoms. The number of hydrogen-bond donors (Lipinski definition) is 2. The van der Waals surface area contributed by atoms with Crippen molar-refractivity contribution in [2.45, 2.75) is 26.0 Å². The first-order valence-corrected chi connectivity index (χ1v) is 5.89. The van der Waals surface area contributed by atoms with Crippen LogP contribution in [0.2, 0.25) is 0 Å². The van der Waals surface area contributed by atoms with Crippen molar-refractivity contribution in [3.63, 3.8) is 0 Å². The van der Waals surface area contributed by atoms with E-state index in [2.05, 4.69) is 5.32 Å². The molecule has 0 aliphatic carbocycles. The quantitative estimate of drug-likeness (QED) is 0.835. The average Bonchev–Trinajstić information content (AvgIpc) is 2.76. The Hall–Kier alpha value is -1.46. The normalized spacial score (nSPS) is 13.9. The molecule has 18 heavy (non-hydrogen) atoms. The van der Waals surface area contributed by atoms with Crippen molar-refractivity contribution in [1.29, 1.82) is 0 Å². The number of nitrogens with one attached hydrogen (secondary N) is 1. The second-order valence-corrected chi connectivity index (χ2v) is 4.90. The highest BCUT2D eigenvalue weighted by Crippen LogP contribution is 2.37. The zero-order chi connectivity index (χ0) is 13.2. The minimum Gasteiger partial charge on any atom is -0.507 e. The molecule has 0 saturated heterocycles. The van der Waals surface area contributed by atoms with E-state index in [9.17, 15) is 5.11 Å². The van der Waals surface area contributed by atoms with Gasteiger partial charge in [0.05, 0.1) is 5.60 Å². The molecule has 1 aromatic carbocycles. The van der Waals surface area contributed by atoms with Gasteiger partial charge in [-0.05, 0) is 19.9 Å². The third-order valence-corrected chi connectivity index (χ3v) is 2.99. The highest BCUT2D eigenvalue weighted by Gasteiger charge is 2.18. The maximum Gasteiger partial charge on any atom is 0.231 e. The molecule has 5 nitrogen and oxygen atoms in total. The fourth-order valence-electron chi connectivity index (χ4n) is 1.69. The summed E-state index contributed by atoms with van der Waals surface area (Å²) >= 11 is 0. The second kappa shape index (κ2) is 5.04. The molecule has 0 atom stereocenters. The van der Waals surface area contributed by atoms with Gasteiger partial charge in [-0.3, -0.25) is 0 Å². The lowest BCUT2D eigenvalue weighted by atomic mass is 10.1. The minimum absolute atomic E-state index is 0.210. The number of phenolic OH excluding ortho intramolecular Hbond substituents is 1. The minimum atomic E-state index is -0.230. The van der Waals surface area contributed by atoms with E-state index in [0.717, 1.165) is 5.56 Å². The summed E-state index contributed by atoms with van der Waals surface area (Å²) in [6, 6.07) is 3.38. The molecular weight excluding hydrogens is 234 g/mol. The molecular formula is C13H19NO4. The largest absolute Gasteiger partial charge is 0.507 e. The van der Waals surface area contributed by atoms with Crippen molar-refractivity contribution in [1.82, 2.24) is 5.32 Å². The summed E-state index contributed by atoms with van der Waals surface area (Å²) in [6.45, 7) is 5.45. The molecule has 1 aliphatic rings. The van der Waals surface area contributed by atoms with E-state index >= 15 is 0 Å². The predicted molar refractivity (Wildman–Crippen MR) is 67.0 cm³/mol. The van der Waals surface area contributed by atoms with Gasteiger partial charge in [0.1, 0.15) is 5.75 Å². The topological polar surface area (TPSA) is 60.0 Å². The fraction of sp³-hybridized carbons (Fsp3) is 0.538. The fourth-order valence-corrected chi connectivity index (χ4v) is 1.69. The Morgan fingerprint density at radius 2 is 2.00 bits per heavy atom. The summed E-state index contributed by atoms with van der Waals surface area (Å²) < 4.78 is 15.8. The number of ether oxygens (including phenoxy) is 3. The zero-order valence-corrected chi connectivity index (χ0v) is 10.9. The van der Waals surface area contributed by atoms with Crippen LogP contribution >= 0.6 is 0 Å². The van der Waals surface area contributed by atoms with Gasteiger partial charge in [-0.25, -0.2) is 0 Å². The SMILES string of the molecule is COC(C)(C)CNCc1cc2c(cc1O)OCO2. The van der Waals surface area contributed by atoms with Crippen LogP contribution in [0.1, 0.15) is 19.4 Å². The van der Waals surface area contributed by atoms with E-state index in [0.29, 0.717) is 24.6 Å². The van der Waals surface area contributed by atoms with Crippen molar-refractivity contribution in [2.24, 2.45) is 0 Å². The zero-order valence-electron chi connectivity index (χ0n) is 10.9. The van der Waals surface area contributed by atoms with Gasteiger partial charge in [-0.2, -0.15) is 0 Å². The Morgan fingerprint density at radius 1 is 1.33 bits per heavy atom. The number of benzene rings is 1. The van der Waals surface area contributed by atoms with Crippen molar-refractivity contribution < 1.29 is 19.3 Å². The summed E-state index contributed by atoms with van der Waals surface area (Å²) in [6.07, 6.45) is 0. The van der Waals surface area contributed by atoms with Gasteiger partial charge >= 0.3 is 0 Å². The first-order valence-electron chi connectivity index (χ1n) is 5.89. The van der Waals surface area contributed by atoms with E-state index in [1.54, 1.807) is 19.2 Å². The van der Waals surface area contributed by atoms with Crippen molar-refractivity contribution in [3.05, 3.63) is 17.7 Å². The molecule has 0 bridgehead atoms. The smallest absolute Gasteiger partial charge is 0.231 e. The number of hydrogen-bond acceptors (Lipinski definition) is 5. The van der Waals surface area contributed by atoms with Crippen LogP contribution in [0, 0.1) is 0 Å². The lowest BCUT2D eigenvalue weighted by Gasteiger charge is -2.23. The van der Waals surface area contributed by atoms with Crippen molar-refractivity contribution >= 4 is 0 Å². The van der Waals surface area contributed by atoms with Crippen molar-refractivity contribution in [2.75, 3.05) is 20.4 Å². The van der Waals surface area contributed by atoms with Crippen LogP contribution < -0.4 is 14.8 Å². The van der Waals surface area contributed by atoms with Gasteiger partial charge in [-0.15, -0.1) is 0 Å². The Balaban J connectivity index is 1.98. The van der Waals surface area contributed by atoms with E-state index in [1.807, 2.05) is 13.8 Å². The van der Waals surface area contributed by atoms with Gasteiger partial charge in [0.15, 0.2) is 11.5 Å². The Morgan fingerprint density at radius 3 is 2.67 bits per heavy atom. The first kappa shape index (κ1) is 13.0. The lowest BCUT2D eigenvalue weighted by molar-refractivity contribution is 0.0230. The second-order valence-electron chi connectivity index (χ2n) is 4.90. The summed E-state index contributed by atoms with van der Waals surface area (Å²) in [4.78, 5) is 0. The van der Waals surface area contributed by atoms with E-state index in [-0.39, 0.29) is 18.1 Å². The molecule has 1 heterocycles. The molecule has 0 radical (unpaired) electrons. The van der Waals surface area contributed by atoms with Gasteiger partial charge in [-0.1, -0.05) is 0 Å². The molecule has 0 spiro atoms. The van der Waals surface area contributed by atoms with Crippen LogP contribution in [0.25, 0.3) is 0 Å². The van der Waals surface area contributed by atoms with Crippen LogP contribution in [-0.4, -0.2) is 31.2 Å². The summed E-state index contributed by atoms with van der Waals surface area (Å²) in [5, 5.41) is 13.1. The molecule has 0 aromatic heterocycles. The molecule has 2 N–H and O–H groups in total. The molecule has 0 saturated carbocycles. The van der Waals surface area contributed by atoms with Crippen LogP contribution in [0.5, 0.6) is 17.2 Å². The maximum absolute atomic E-state index is 9.85. The van der Waals surface area contributed by atoms with Gasteiger partial charge < -0.3 is 24.6 Å². The number of rotatable bonds is 5. The summed E-state index contributed by atoms with van der Waals surface area (Å²) in [5.74, 6) is 1.48. The number of phenols is 1. The first-order chi connectivity index (χ1) is 8.52. The monoisotopic (exact) mass is 253 g/mol. The third-order valence-electron chi connectivity index (χ3n) is 2.99. The number of methoxy groups -OCH3 is 1. The number of aromatic hydroxyl groups is 1. The van der Waals surface area contributed by atoms with Crippen LogP contribution in [-0.2, 0) is 11.3 Å². The third kappa shape index (κ3) is 2.86. The maximum atomic E-state index is 9.85. The molecule has 100 valence electrons. The van der Waals surface area contributed by atoms with Crippen LogP contribution in [0.4, 0.5) is 0 Å². The van der Waals surface area contributed by atoms with E-state index < -0.39 is 0 Å². The molecule has 1 aliphatic heterocycles. The highest BCUT2D eigenvalue weighted by atomic mass is 16.7. The lowest BCUT2D eigenvalue weighted by Crippen LogP contribution is -2.36. The standard InChI is InChI=1S/C13H19NO4/c1-13(2,16-3)7-14-6-9-4-11-12(5-10(9)15)18-8-17-11/h4-5,14-15H,6-8H2,1-3H3. The van der Waals surface area contributed by atoms with Crippen molar-refractivity contribution in [3.8, 4) is 17.2 Å². The average molecular weight is 253 g/mol. The Labute approximate surface area is 107 Å². The molecule has 0 unspecified atom stereocenters. The van der Waals surface area contributed by atoms with Crippen LogP contribution in [0.15, 0.2) is 12.1 Å². The van der Waals surface area contributed by atoms with E-state index in [4.69, 9.17) is 14.2 Å². The Bertz CT molecular complexity index is 431. The van der Waals surface area contributed by atoms with Crippen LogP contribution in [0.3, 0.4) is 0 Å². The highest BCUT2D eigenvalue weighted by molar-refractivity contribution is 5.51. The number of fused-ring (bicyclic) bond motifs is 1. The predicted octanol–water partition coefficient (Wildman–Crippen LogP) is 1.64. The molecule has 1 aromatic rings. The molecule has 2 rings (SSSR count). The van der Waals surface area contributed by atoms with Gasteiger partial charge in [0.25, 0.3) is 0 Å². The van der Waals surface area contributed by atoms with E-state index in [1.165, 1.54) is 0 Å².